The minimum atomic E-state index is 0.116. The maximum Gasteiger partial charge on any atom is 0.254 e. The molecule has 3 aromatic rings. The van der Waals surface area contributed by atoms with Crippen LogP contribution in [0.2, 0.25) is 0 Å². The number of pyridine rings is 1. The largest absolute Gasteiger partial charge is 0.336 e. The molecule has 150 valence electrons. The van der Waals surface area contributed by atoms with Crippen LogP contribution in [0.15, 0.2) is 48.5 Å². The van der Waals surface area contributed by atoms with Crippen LogP contribution >= 0.6 is 0 Å². The van der Waals surface area contributed by atoms with Gasteiger partial charge in [-0.15, -0.1) is 0 Å². The lowest BCUT2D eigenvalue weighted by Crippen LogP contribution is -2.48. The van der Waals surface area contributed by atoms with Crippen LogP contribution in [0.4, 0.5) is 0 Å². The number of nitrogens with zero attached hydrogens (tertiary/aromatic N) is 3. The number of carbonyl (C=O) groups excluding carboxylic acids is 1. The zero-order valence-corrected chi connectivity index (χ0v) is 17.6. The van der Waals surface area contributed by atoms with E-state index in [4.69, 9.17) is 4.98 Å². The molecule has 1 amide bonds. The Morgan fingerprint density at radius 1 is 0.966 bits per heavy atom. The van der Waals surface area contributed by atoms with Crippen molar-refractivity contribution in [3.63, 3.8) is 0 Å². The molecule has 1 fully saturated rings. The highest BCUT2D eigenvalue weighted by atomic mass is 16.2. The Hall–Kier alpha value is -2.72. The van der Waals surface area contributed by atoms with E-state index >= 15 is 0 Å². The summed E-state index contributed by atoms with van der Waals surface area (Å²) >= 11 is 0. The van der Waals surface area contributed by atoms with Crippen LogP contribution in [-0.4, -0.2) is 53.4 Å². The van der Waals surface area contributed by atoms with Crippen LogP contribution in [0, 0.1) is 6.92 Å². The molecule has 0 unspecified atom stereocenters. The Kier molecular flexibility index (Phi) is 5.63. The summed E-state index contributed by atoms with van der Waals surface area (Å²) in [5.74, 6) is 0.116. The number of piperazine rings is 1. The van der Waals surface area contributed by atoms with Gasteiger partial charge in [-0.1, -0.05) is 49.7 Å². The van der Waals surface area contributed by atoms with Crippen molar-refractivity contribution in [1.29, 1.82) is 0 Å². The Morgan fingerprint density at radius 3 is 2.34 bits per heavy atom. The van der Waals surface area contributed by atoms with Gasteiger partial charge >= 0.3 is 0 Å². The van der Waals surface area contributed by atoms with Crippen molar-refractivity contribution in [3.05, 3.63) is 65.2 Å². The van der Waals surface area contributed by atoms with Gasteiger partial charge in [0.15, 0.2) is 0 Å². The number of aryl methyl sites for hydroxylation is 2. The van der Waals surface area contributed by atoms with E-state index < -0.39 is 0 Å². The monoisotopic (exact) mass is 387 g/mol. The van der Waals surface area contributed by atoms with E-state index in [1.807, 2.05) is 17.0 Å². The molecule has 4 heteroatoms. The second-order valence-corrected chi connectivity index (χ2v) is 7.85. The summed E-state index contributed by atoms with van der Waals surface area (Å²) in [5.41, 5.74) is 6.00. The fraction of sp³-hybridized carbons (Fsp3) is 0.360. The Balaban J connectivity index is 1.76. The zero-order valence-electron chi connectivity index (χ0n) is 17.6. The van der Waals surface area contributed by atoms with E-state index in [9.17, 15) is 4.79 Å². The number of likely N-dealkylation sites (N-methyl/N-ethyl adjacent to an activating group) is 1. The van der Waals surface area contributed by atoms with Gasteiger partial charge in [-0.3, -0.25) is 4.79 Å². The molecule has 0 spiro atoms. The van der Waals surface area contributed by atoms with Crippen molar-refractivity contribution in [2.45, 2.75) is 27.2 Å². The van der Waals surface area contributed by atoms with Crippen LogP contribution in [0.5, 0.6) is 0 Å². The van der Waals surface area contributed by atoms with Gasteiger partial charge in [-0.05, 0) is 43.7 Å². The highest BCUT2D eigenvalue weighted by molar-refractivity contribution is 6.07. The molecular formula is C25H29N3O. The van der Waals surface area contributed by atoms with Crippen LogP contribution in [0.25, 0.3) is 22.2 Å². The van der Waals surface area contributed by atoms with E-state index in [1.165, 1.54) is 5.56 Å². The number of carbonyl (C=O) groups is 1. The molecule has 4 rings (SSSR count). The predicted molar refractivity (Wildman–Crippen MR) is 119 cm³/mol. The van der Waals surface area contributed by atoms with Crippen molar-refractivity contribution in [2.24, 2.45) is 0 Å². The number of hydrogen-bond acceptors (Lipinski definition) is 3. The molecule has 2 aromatic carbocycles. The van der Waals surface area contributed by atoms with E-state index in [0.29, 0.717) is 0 Å². The molecule has 29 heavy (non-hydrogen) atoms. The fourth-order valence-electron chi connectivity index (χ4n) is 4.01. The van der Waals surface area contributed by atoms with Gasteiger partial charge in [0.05, 0.1) is 16.8 Å². The summed E-state index contributed by atoms with van der Waals surface area (Å²) in [6, 6.07) is 16.7. The summed E-state index contributed by atoms with van der Waals surface area (Å²) in [6.45, 7) is 10.9. The molecule has 0 saturated carbocycles. The van der Waals surface area contributed by atoms with Crippen molar-refractivity contribution in [2.75, 3.05) is 32.7 Å². The molecule has 2 heterocycles. The van der Waals surface area contributed by atoms with Crippen LogP contribution in [-0.2, 0) is 6.42 Å². The van der Waals surface area contributed by atoms with Gasteiger partial charge in [0.2, 0.25) is 0 Å². The molecule has 0 aliphatic carbocycles. The SMILES string of the molecule is CCc1ccc(-c2cc(C(=O)N3CCN(CC)CC3)c3cc(C)ccc3n2)cc1. The molecule has 1 aliphatic rings. The Morgan fingerprint density at radius 2 is 1.69 bits per heavy atom. The maximum atomic E-state index is 13.5. The second-order valence-electron chi connectivity index (χ2n) is 7.85. The molecule has 1 aliphatic heterocycles. The van der Waals surface area contributed by atoms with Gasteiger partial charge in [-0.25, -0.2) is 4.98 Å². The van der Waals surface area contributed by atoms with E-state index in [1.54, 1.807) is 0 Å². The maximum absolute atomic E-state index is 13.5. The van der Waals surface area contributed by atoms with Crippen LogP contribution in [0.1, 0.15) is 35.3 Å². The van der Waals surface area contributed by atoms with Crippen LogP contribution in [0.3, 0.4) is 0 Å². The third kappa shape index (κ3) is 4.03. The Labute approximate surface area is 173 Å². The van der Waals surface area contributed by atoms with Crippen molar-refractivity contribution in [1.82, 2.24) is 14.8 Å². The number of fused-ring (bicyclic) bond motifs is 1. The normalized spacial score (nSPS) is 15.1. The average Bonchev–Trinajstić information content (AvgIpc) is 2.78. The standard InChI is InChI=1S/C25H29N3O/c1-4-19-7-9-20(10-8-19)24-17-22(21-16-18(3)6-11-23(21)26-24)25(29)28-14-12-27(5-2)13-15-28/h6-11,16-17H,4-5,12-15H2,1-3H3. The first kappa shape index (κ1) is 19.6. The third-order valence-electron chi connectivity index (χ3n) is 5.96. The lowest BCUT2D eigenvalue weighted by Gasteiger charge is -2.34. The number of hydrogen-bond donors (Lipinski definition) is 0. The zero-order chi connectivity index (χ0) is 20.4. The second kappa shape index (κ2) is 8.34. The number of rotatable bonds is 4. The predicted octanol–water partition coefficient (Wildman–Crippen LogP) is 4.55. The van der Waals surface area contributed by atoms with Gasteiger partial charge < -0.3 is 9.80 Å². The number of benzene rings is 2. The van der Waals surface area contributed by atoms with E-state index in [2.05, 4.69) is 62.1 Å². The third-order valence-corrected chi connectivity index (χ3v) is 5.96. The highest BCUT2D eigenvalue weighted by Gasteiger charge is 2.23. The summed E-state index contributed by atoms with van der Waals surface area (Å²) in [5, 5.41) is 0.946. The average molecular weight is 388 g/mol. The first-order valence-electron chi connectivity index (χ1n) is 10.6. The first-order chi connectivity index (χ1) is 14.1. The molecule has 0 bridgehead atoms. The number of aromatic nitrogens is 1. The molecule has 0 radical (unpaired) electrons. The summed E-state index contributed by atoms with van der Waals surface area (Å²) in [7, 11) is 0. The van der Waals surface area contributed by atoms with Crippen molar-refractivity contribution >= 4 is 16.8 Å². The number of amides is 1. The van der Waals surface area contributed by atoms with Crippen molar-refractivity contribution in [3.8, 4) is 11.3 Å². The minimum absolute atomic E-state index is 0.116. The molecule has 1 saturated heterocycles. The minimum Gasteiger partial charge on any atom is -0.336 e. The van der Waals surface area contributed by atoms with E-state index in [0.717, 1.165) is 72.4 Å². The first-order valence-corrected chi connectivity index (χ1v) is 10.6. The lowest BCUT2D eigenvalue weighted by atomic mass is 10.0. The van der Waals surface area contributed by atoms with Gasteiger partial charge in [0.1, 0.15) is 0 Å². The molecular weight excluding hydrogens is 358 g/mol. The Bertz CT molecular complexity index is 1020. The topological polar surface area (TPSA) is 36.4 Å². The molecule has 1 aromatic heterocycles. The smallest absolute Gasteiger partial charge is 0.254 e. The van der Waals surface area contributed by atoms with Gasteiger partial charge in [0, 0.05) is 37.1 Å². The van der Waals surface area contributed by atoms with Gasteiger partial charge in [0.25, 0.3) is 5.91 Å². The summed E-state index contributed by atoms with van der Waals surface area (Å²) in [6.07, 6.45) is 1.01. The van der Waals surface area contributed by atoms with Crippen molar-refractivity contribution < 1.29 is 4.79 Å². The molecule has 4 nitrogen and oxygen atoms in total. The molecule has 0 N–H and O–H groups in total. The fourth-order valence-corrected chi connectivity index (χ4v) is 4.01. The highest BCUT2D eigenvalue weighted by Crippen LogP contribution is 2.27. The summed E-state index contributed by atoms with van der Waals surface area (Å²) in [4.78, 5) is 22.7. The molecule has 0 atom stereocenters. The quantitative estimate of drug-likeness (QED) is 0.659. The summed E-state index contributed by atoms with van der Waals surface area (Å²) < 4.78 is 0. The van der Waals surface area contributed by atoms with Crippen LogP contribution < -0.4 is 0 Å². The van der Waals surface area contributed by atoms with E-state index in [-0.39, 0.29) is 5.91 Å². The lowest BCUT2D eigenvalue weighted by molar-refractivity contribution is 0.0645. The van der Waals surface area contributed by atoms with Gasteiger partial charge in [-0.2, -0.15) is 0 Å².